The van der Waals surface area contributed by atoms with Gasteiger partial charge in [0.25, 0.3) is 0 Å². The average molecular weight is 688 g/mol. The number of ether oxygens (including phenoxy) is 4. The van der Waals surface area contributed by atoms with Gasteiger partial charge < -0.3 is 34.5 Å². The number of methoxy groups -OCH3 is 3. The lowest BCUT2D eigenvalue weighted by Crippen LogP contribution is -2.83. The number of para-hydroxylation sites is 1. The van der Waals surface area contributed by atoms with Crippen LogP contribution in [0.1, 0.15) is 60.6 Å². The monoisotopic (exact) mass is 687 g/mol. The summed E-state index contributed by atoms with van der Waals surface area (Å²) in [5, 5.41) is 28.8. The fourth-order valence-electron chi connectivity index (χ4n) is 12.3. The van der Waals surface area contributed by atoms with Crippen molar-refractivity contribution in [1.82, 2.24) is 9.88 Å². The van der Waals surface area contributed by atoms with Gasteiger partial charge in [0.1, 0.15) is 16.8 Å². The molecule has 5 saturated carbocycles. The van der Waals surface area contributed by atoms with E-state index in [2.05, 4.69) is 22.1 Å². The number of amides is 1. The molecule has 11 heteroatoms. The summed E-state index contributed by atoms with van der Waals surface area (Å²) in [7, 11) is 5.05. The molecule has 11 nitrogen and oxygen atoms in total. The summed E-state index contributed by atoms with van der Waals surface area (Å²) < 4.78 is 25.3. The number of hydrogen-bond donors (Lipinski definition) is 3. The molecule has 1 amide bonds. The zero-order chi connectivity index (χ0) is 35.2. The first-order chi connectivity index (χ1) is 24.0. The molecule has 2 aromatic rings. The summed E-state index contributed by atoms with van der Waals surface area (Å²) >= 11 is 0. The minimum absolute atomic E-state index is 0.0706. The number of esters is 1. The highest BCUT2D eigenvalue weighted by atomic mass is 16.6. The maximum atomic E-state index is 14.4. The molecule has 0 radical (unpaired) electrons. The average Bonchev–Trinajstić information content (AvgIpc) is 3.54. The molecule has 12 atom stereocenters. The lowest BCUT2D eigenvalue weighted by Gasteiger charge is -2.70. The molecule has 6 fully saturated rings. The van der Waals surface area contributed by atoms with E-state index in [0.717, 1.165) is 11.3 Å². The first-order valence-corrected chi connectivity index (χ1v) is 18.0. The van der Waals surface area contributed by atoms with Crippen LogP contribution >= 0.6 is 0 Å². The Labute approximate surface area is 293 Å². The van der Waals surface area contributed by atoms with Gasteiger partial charge in [-0.05, 0) is 69.0 Å². The van der Waals surface area contributed by atoms with E-state index in [0.29, 0.717) is 50.9 Å². The maximum absolute atomic E-state index is 14.4. The Morgan fingerprint density at radius 3 is 2.56 bits per heavy atom. The minimum Gasteiger partial charge on any atom is -0.454 e. The van der Waals surface area contributed by atoms with Crippen LogP contribution in [-0.4, -0.2) is 108 Å². The molecule has 2 heterocycles. The van der Waals surface area contributed by atoms with Crippen LogP contribution in [0.15, 0.2) is 48.7 Å². The van der Waals surface area contributed by atoms with Crippen molar-refractivity contribution in [2.24, 2.45) is 29.1 Å². The Hall–Kier alpha value is -3.19. The van der Waals surface area contributed by atoms with Gasteiger partial charge in [0.2, 0.25) is 5.91 Å². The van der Waals surface area contributed by atoms with Crippen LogP contribution < -0.4 is 5.32 Å². The van der Waals surface area contributed by atoms with Crippen molar-refractivity contribution in [3.8, 4) is 0 Å². The number of piperidine rings is 1. The van der Waals surface area contributed by atoms with E-state index in [4.69, 9.17) is 18.9 Å². The number of carbonyl (C=O) groups excluding carboxylic acids is 2. The number of aromatic nitrogens is 1. The van der Waals surface area contributed by atoms with Crippen molar-refractivity contribution in [3.63, 3.8) is 0 Å². The van der Waals surface area contributed by atoms with Crippen LogP contribution in [-0.2, 0) is 23.7 Å². The highest BCUT2D eigenvalue weighted by molar-refractivity contribution is 6.06. The summed E-state index contributed by atoms with van der Waals surface area (Å²) in [5.41, 5.74) is -2.13. The van der Waals surface area contributed by atoms with Gasteiger partial charge in [-0.3, -0.25) is 14.7 Å². The molecule has 268 valence electrons. The second-order valence-corrected chi connectivity index (χ2v) is 15.6. The number of rotatable bonds is 9. The largest absolute Gasteiger partial charge is 0.454 e. The number of nitrogens with one attached hydrogen (secondary N) is 1. The van der Waals surface area contributed by atoms with Crippen LogP contribution in [0.3, 0.4) is 0 Å². The summed E-state index contributed by atoms with van der Waals surface area (Å²) in [4.78, 5) is 34.1. The molecular weight excluding hydrogens is 638 g/mol. The van der Waals surface area contributed by atoms with Gasteiger partial charge in [-0.2, -0.15) is 0 Å². The lowest BCUT2D eigenvalue weighted by molar-refractivity contribution is -0.337. The number of aliphatic hydroxyl groups is 2. The van der Waals surface area contributed by atoms with E-state index < -0.39 is 34.3 Å². The smallest absolute Gasteiger partial charge is 0.340 e. The normalized spacial score (nSPS) is 42.5. The molecule has 1 aromatic carbocycles. The Balaban J connectivity index is 1.15. The van der Waals surface area contributed by atoms with Gasteiger partial charge in [0, 0.05) is 87.4 Å². The quantitative estimate of drug-likeness (QED) is 0.265. The van der Waals surface area contributed by atoms with Gasteiger partial charge in [0.15, 0.2) is 0 Å². The molecule has 1 aliphatic heterocycles. The molecule has 1 aromatic heterocycles. The number of aryl methyl sites for hydroxylation is 1. The topological polar surface area (TPSA) is 140 Å². The van der Waals surface area contributed by atoms with E-state index in [-0.39, 0.29) is 53.4 Å². The zero-order valence-corrected chi connectivity index (χ0v) is 29.5. The van der Waals surface area contributed by atoms with Gasteiger partial charge in [-0.15, -0.1) is 0 Å². The van der Waals surface area contributed by atoms with Crippen molar-refractivity contribution >= 4 is 23.6 Å². The zero-order valence-electron chi connectivity index (χ0n) is 29.5. The van der Waals surface area contributed by atoms with Crippen LogP contribution in [0.4, 0.5) is 5.69 Å². The number of pyridine rings is 1. The van der Waals surface area contributed by atoms with Gasteiger partial charge in [0.05, 0.1) is 29.6 Å². The Morgan fingerprint density at radius 2 is 1.86 bits per heavy atom. The second-order valence-electron chi connectivity index (χ2n) is 15.6. The highest BCUT2D eigenvalue weighted by Gasteiger charge is 2.89. The fraction of sp³-hybridized carbons (Fsp3) is 0.615. The Kier molecular flexibility index (Phi) is 8.09. The molecule has 2 unspecified atom stereocenters. The predicted molar refractivity (Wildman–Crippen MR) is 184 cm³/mol. The number of carbonyl (C=O) groups is 2. The minimum atomic E-state index is -1.50. The summed E-state index contributed by atoms with van der Waals surface area (Å²) in [6.45, 7) is 5.22. The van der Waals surface area contributed by atoms with Gasteiger partial charge >= 0.3 is 5.97 Å². The van der Waals surface area contributed by atoms with E-state index in [1.807, 2.05) is 19.1 Å². The molecule has 3 N–H and O–H groups in total. The molecule has 8 rings (SSSR count). The molecule has 1 saturated heterocycles. The second kappa shape index (κ2) is 11.9. The van der Waals surface area contributed by atoms with Crippen LogP contribution in [0, 0.1) is 36.0 Å². The van der Waals surface area contributed by atoms with E-state index in [1.165, 1.54) is 6.08 Å². The summed E-state index contributed by atoms with van der Waals surface area (Å²) in [6, 6.07) is 10.6. The van der Waals surface area contributed by atoms with Crippen LogP contribution in [0.25, 0.3) is 6.08 Å². The third-order valence-electron chi connectivity index (χ3n) is 13.9. The highest BCUT2D eigenvalue weighted by Crippen LogP contribution is 2.79. The van der Waals surface area contributed by atoms with Crippen molar-refractivity contribution in [2.45, 2.75) is 87.1 Å². The maximum Gasteiger partial charge on any atom is 0.340 e. The third-order valence-corrected chi connectivity index (χ3v) is 13.9. The number of likely N-dealkylation sites (N-methyl/N-ethyl adjacent to an activating group) is 1. The van der Waals surface area contributed by atoms with Crippen molar-refractivity contribution in [1.29, 1.82) is 0 Å². The van der Waals surface area contributed by atoms with E-state index in [1.54, 1.807) is 57.9 Å². The van der Waals surface area contributed by atoms with E-state index >= 15 is 0 Å². The van der Waals surface area contributed by atoms with Crippen molar-refractivity contribution < 1.29 is 38.7 Å². The van der Waals surface area contributed by atoms with Crippen molar-refractivity contribution in [2.75, 3.05) is 39.7 Å². The fourth-order valence-corrected chi connectivity index (χ4v) is 12.3. The SMILES string of the molecule is CCN1C[C@]2(OC(=O)c3ccccc3NC(=O)/C=C/c3ccc(C)nc3)CC[C@H](OC)[C@]34C1[C@@H](C[C@H]23)[C@@]1(O)C[C@H](OC)[C@H]2C[C@H]4[C@]1(O)C2OC. The van der Waals surface area contributed by atoms with Gasteiger partial charge in [-0.25, -0.2) is 4.79 Å². The Morgan fingerprint density at radius 1 is 1.06 bits per heavy atom. The van der Waals surface area contributed by atoms with Crippen LogP contribution in [0.2, 0.25) is 0 Å². The number of likely N-dealkylation sites (tertiary alicyclic amines) is 1. The summed E-state index contributed by atoms with van der Waals surface area (Å²) in [5.74, 6) is -1.80. The number of benzene rings is 1. The van der Waals surface area contributed by atoms with E-state index in [9.17, 15) is 19.8 Å². The number of fused-ring (bicyclic) bond motifs is 2. The number of nitrogens with zero attached hydrogens (tertiary/aromatic N) is 2. The molecule has 7 bridgehead atoms. The Bertz CT molecular complexity index is 1700. The summed E-state index contributed by atoms with van der Waals surface area (Å²) in [6.07, 6.45) is 6.53. The standard InChI is InChI=1S/C39H49N3O8/c1-6-42-21-36(50-35(44)24-9-7-8-10-27(24)41-32(43)14-13-23-12-11-22(2)40-20-23)16-15-31(48-4)38-29(36)18-26(33(38)42)37(45)19-28(47-3)25-17-30(38)39(37,46)34(25)49-5/h7-14,20,25-26,28-31,33-34,45-46H,6,15-19,21H2,1-5H3,(H,41,43)/b14-13+/t25-,26-,28+,29-,30-,31+,33?,34?,36-,37+,38+,39+/m1/s1. The molecular formula is C39H49N3O8. The predicted octanol–water partition coefficient (Wildman–Crippen LogP) is 3.62. The van der Waals surface area contributed by atoms with Crippen molar-refractivity contribution in [3.05, 3.63) is 65.5 Å². The van der Waals surface area contributed by atoms with Crippen LogP contribution in [0.5, 0.6) is 0 Å². The molecule has 50 heavy (non-hydrogen) atoms. The van der Waals surface area contributed by atoms with Gasteiger partial charge in [-0.1, -0.05) is 25.1 Å². The third kappa shape index (κ3) is 4.34. The molecule has 5 aliphatic carbocycles. The number of anilines is 1. The molecule has 1 spiro atoms. The first-order valence-electron chi connectivity index (χ1n) is 18.0. The number of hydrogen-bond acceptors (Lipinski definition) is 10. The first kappa shape index (κ1) is 33.9. The lowest BCUT2D eigenvalue weighted by atomic mass is 9.44. The molecule has 6 aliphatic rings.